The van der Waals surface area contributed by atoms with E-state index in [0.29, 0.717) is 0 Å². The zero-order chi connectivity index (χ0) is 20.1. The fourth-order valence-corrected chi connectivity index (χ4v) is 4.18. The van der Waals surface area contributed by atoms with E-state index in [-0.39, 0.29) is 18.0 Å². The molecule has 0 bridgehead atoms. The Bertz CT molecular complexity index is 920. The Morgan fingerprint density at radius 1 is 0.828 bits per heavy atom. The number of nitrogens with zero attached hydrogens (tertiary/aromatic N) is 1. The lowest BCUT2D eigenvalue weighted by molar-refractivity contribution is 0.0900. The number of halogens is 1. The standard InChI is InChI=1S/C25H25ClN2O/c26-22-13-11-20(12-14-22)24(19-7-3-1-4-8-19)28-17-15-23(16-18-28)27-25(29)21-9-5-2-6-10-21/h1-14,23-24H,15-18H2,(H,27,29). The molecular formula is C25H25ClN2O. The van der Waals surface area contributed by atoms with E-state index >= 15 is 0 Å². The fraction of sp³-hybridized carbons (Fsp3) is 0.240. The molecule has 29 heavy (non-hydrogen) atoms. The minimum Gasteiger partial charge on any atom is -0.349 e. The lowest BCUT2D eigenvalue weighted by atomic mass is 9.94. The van der Waals surface area contributed by atoms with E-state index in [2.05, 4.69) is 46.6 Å². The van der Waals surface area contributed by atoms with Gasteiger partial charge in [-0.05, 0) is 48.2 Å². The molecular weight excluding hydrogens is 380 g/mol. The van der Waals surface area contributed by atoms with Crippen LogP contribution < -0.4 is 5.32 Å². The van der Waals surface area contributed by atoms with Crippen molar-refractivity contribution in [3.63, 3.8) is 0 Å². The molecule has 3 aromatic rings. The van der Waals surface area contributed by atoms with Gasteiger partial charge in [-0.15, -0.1) is 0 Å². The molecule has 1 amide bonds. The van der Waals surface area contributed by atoms with E-state index in [1.807, 2.05) is 48.5 Å². The summed E-state index contributed by atoms with van der Waals surface area (Å²) in [6, 6.07) is 28.6. The van der Waals surface area contributed by atoms with Crippen LogP contribution in [0.25, 0.3) is 0 Å². The van der Waals surface area contributed by atoms with Crippen molar-refractivity contribution in [2.24, 2.45) is 0 Å². The molecule has 1 saturated heterocycles. The molecule has 1 aliphatic heterocycles. The van der Waals surface area contributed by atoms with Gasteiger partial charge in [0, 0.05) is 29.7 Å². The lowest BCUT2D eigenvalue weighted by Gasteiger charge is -2.38. The first-order chi connectivity index (χ1) is 14.2. The first-order valence-corrected chi connectivity index (χ1v) is 10.5. The van der Waals surface area contributed by atoms with E-state index in [0.717, 1.165) is 36.5 Å². The maximum atomic E-state index is 12.5. The fourth-order valence-electron chi connectivity index (χ4n) is 4.05. The molecule has 0 aromatic heterocycles. The van der Waals surface area contributed by atoms with Gasteiger partial charge >= 0.3 is 0 Å². The summed E-state index contributed by atoms with van der Waals surface area (Å²) >= 11 is 6.11. The van der Waals surface area contributed by atoms with Crippen LogP contribution in [0.4, 0.5) is 0 Å². The van der Waals surface area contributed by atoms with Crippen molar-refractivity contribution < 1.29 is 4.79 Å². The minimum atomic E-state index is 0.0151. The average molecular weight is 405 g/mol. The number of piperidine rings is 1. The molecule has 0 saturated carbocycles. The molecule has 1 N–H and O–H groups in total. The zero-order valence-corrected chi connectivity index (χ0v) is 17.1. The number of carbonyl (C=O) groups excluding carboxylic acids is 1. The summed E-state index contributed by atoms with van der Waals surface area (Å²) in [7, 11) is 0. The van der Waals surface area contributed by atoms with Crippen LogP contribution in [-0.4, -0.2) is 29.9 Å². The number of hydrogen-bond acceptors (Lipinski definition) is 2. The van der Waals surface area contributed by atoms with Crippen molar-refractivity contribution in [3.05, 3.63) is 107 Å². The highest BCUT2D eigenvalue weighted by Gasteiger charge is 2.28. The van der Waals surface area contributed by atoms with Gasteiger partial charge in [0.25, 0.3) is 5.91 Å². The van der Waals surface area contributed by atoms with Gasteiger partial charge in [-0.3, -0.25) is 9.69 Å². The van der Waals surface area contributed by atoms with Crippen LogP contribution in [0.15, 0.2) is 84.9 Å². The summed E-state index contributed by atoms with van der Waals surface area (Å²) in [6.45, 7) is 1.86. The predicted molar refractivity (Wildman–Crippen MR) is 118 cm³/mol. The average Bonchev–Trinajstić information content (AvgIpc) is 2.78. The summed E-state index contributed by atoms with van der Waals surface area (Å²) in [6.07, 6.45) is 1.88. The maximum absolute atomic E-state index is 12.5. The van der Waals surface area contributed by atoms with Gasteiger partial charge in [-0.1, -0.05) is 72.3 Å². The van der Waals surface area contributed by atoms with E-state index in [9.17, 15) is 4.79 Å². The largest absolute Gasteiger partial charge is 0.349 e. The number of amides is 1. The summed E-state index contributed by atoms with van der Waals surface area (Å²) in [5, 5.41) is 3.95. The molecule has 4 rings (SSSR count). The zero-order valence-electron chi connectivity index (χ0n) is 16.3. The Morgan fingerprint density at radius 3 is 2.00 bits per heavy atom. The van der Waals surface area contributed by atoms with Gasteiger partial charge in [0.1, 0.15) is 0 Å². The third-order valence-electron chi connectivity index (χ3n) is 5.57. The van der Waals surface area contributed by atoms with Crippen LogP contribution in [0.2, 0.25) is 5.02 Å². The van der Waals surface area contributed by atoms with Crippen LogP contribution in [0.1, 0.15) is 40.4 Å². The number of hydrogen-bond donors (Lipinski definition) is 1. The van der Waals surface area contributed by atoms with E-state index in [1.54, 1.807) is 0 Å². The highest BCUT2D eigenvalue weighted by molar-refractivity contribution is 6.30. The second-order valence-corrected chi connectivity index (χ2v) is 7.95. The maximum Gasteiger partial charge on any atom is 0.251 e. The quantitative estimate of drug-likeness (QED) is 0.623. The highest BCUT2D eigenvalue weighted by Crippen LogP contribution is 2.31. The number of likely N-dealkylation sites (tertiary alicyclic amines) is 1. The van der Waals surface area contributed by atoms with Gasteiger partial charge < -0.3 is 5.32 Å². The summed E-state index contributed by atoms with van der Waals surface area (Å²) in [5.41, 5.74) is 3.24. The summed E-state index contributed by atoms with van der Waals surface area (Å²) < 4.78 is 0. The number of benzene rings is 3. The predicted octanol–water partition coefficient (Wildman–Crippen LogP) is 5.32. The van der Waals surface area contributed by atoms with Crippen molar-refractivity contribution in [1.82, 2.24) is 10.2 Å². The molecule has 0 radical (unpaired) electrons. The SMILES string of the molecule is O=C(NC1CCN(C(c2ccccc2)c2ccc(Cl)cc2)CC1)c1ccccc1. The van der Waals surface area contributed by atoms with Crippen LogP contribution in [-0.2, 0) is 0 Å². The molecule has 148 valence electrons. The molecule has 1 unspecified atom stereocenters. The van der Waals surface area contributed by atoms with Crippen LogP contribution in [0.3, 0.4) is 0 Å². The van der Waals surface area contributed by atoms with Gasteiger partial charge in [-0.25, -0.2) is 0 Å². The van der Waals surface area contributed by atoms with Crippen molar-refractivity contribution in [1.29, 1.82) is 0 Å². The van der Waals surface area contributed by atoms with E-state index in [1.165, 1.54) is 11.1 Å². The number of rotatable bonds is 5. The van der Waals surface area contributed by atoms with Gasteiger partial charge in [0.2, 0.25) is 0 Å². The summed E-state index contributed by atoms with van der Waals surface area (Å²) in [5.74, 6) is 0.0151. The Morgan fingerprint density at radius 2 is 1.38 bits per heavy atom. The second kappa shape index (κ2) is 9.25. The normalized spacial score (nSPS) is 16.3. The first kappa shape index (κ1) is 19.7. The Labute approximate surface area is 177 Å². The highest BCUT2D eigenvalue weighted by atomic mass is 35.5. The molecule has 3 nitrogen and oxygen atoms in total. The van der Waals surface area contributed by atoms with Crippen LogP contribution in [0.5, 0.6) is 0 Å². The number of nitrogens with one attached hydrogen (secondary N) is 1. The summed E-state index contributed by atoms with van der Waals surface area (Å²) in [4.78, 5) is 15.0. The minimum absolute atomic E-state index is 0.0151. The molecule has 1 aliphatic rings. The van der Waals surface area contributed by atoms with E-state index < -0.39 is 0 Å². The van der Waals surface area contributed by atoms with Gasteiger partial charge in [0.15, 0.2) is 0 Å². The first-order valence-electron chi connectivity index (χ1n) is 10.1. The third kappa shape index (κ3) is 4.87. The Hall–Kier alpha value is -2.62. The Balaban J connectivity index is 1.45. The van der Waals surface area contributed by atoms with Crippen molar-refractivity contribution in [2.45, 2.75) is 24.9 Å². The number of carbonyl (C=O) groups is 1. The Kier molecular flexibility index (Phi) is 6.28. The molecule has 1 heterocycles. The molecule has 0 spiro atoms. The van der Waals surface area contributed by atoms with Crippen molar-refractivity contribution >= 4 is 17.5 Å². The third-order valence-corrected chi connectivity index (χ3v) is 5.82. The lowest BCUT2D eigenvalue weighted by Crippen LogP contribution is -2.45. The van der Waals surface area contributed by atoms with Gasteiger partial charge in [-0.2, -0.15) is 0 Å². The monoisotopic (exact) mass is 404 g/mol. The van der Waals surface area contributed by atoms with E-state index in [4.69, 9.17) is 11.6 Å². The van der Waals surface area contributed by atoms with Crippen molar-refractivity contribution in [3.8, 4) is 0 Å². The molecule has 4 heteroatoms. The molecule has 1 atom stereocenters. The molecule has 1 fully saturated rings. The topological polar surface area (TPSA) is 32.3 Å². The van der Waals surface area contributed by atoms with Crippen molar-refractivity contribution in [2.75, 3.05) is 13.1 Å². The second-order valence-electron chi connectivity index (χ2n) is 7.51. The molecule has 0 aliphatic carbocycles. The van der Waals surface area contributed by atoms with Crippen LogP contribution >= 0.6 is 11.6 Å². The smallest absolute Gasteiger partial charge is 0.251 e. The molecule has 3 aromatic carbocycles. The van der Waals surface area contributed by atoms with Crippen LogP contribution in [0, 0.1) is 0 Å². The van der Waals surface area contributed by atoms with Gasteiger partial charge in [0.05, 0.1) is 6.04 Å².